The first-order chi connectivity index (χ1) is 11.0. The molecule has 0 aromatic carbocycles. The highest BCUT2D eigenvalue weighted by Gasteiger charge is 2.37. The van der Waals surface area contributed by atoms with Gasteiger partial charge >= 0.3 is 0 Å². The lowest BCUT2D eigenvalue weighted by molar-refractivity contribution is 0.0762. The van der Waals surface area contributed by atoms with Crippen LogP contribution in [0.25, 0.3) is 0 Å². The third kappa shape index (κ3) is 3.78. The fourth-order valence-corrected chi connectivity index (χ4v) is 5.77. The molecule has 1 aromatic rings. The van der Waals surface area contributed by atoms with E-state index in [0.717, 1.165) is 49.9 Å². The molecule has 2 aliphatic rings. The van der Waals surface area contributed by atoms with E-state index in [-0.39, 0.29) is 18.0 Å². The third-order valence-corrected chi connectivity index (χ3v) is 7.11. The van der Waals surface area contributed by atoms with Crippen molar-refractivity contribution in [3.63, 3.8) is 0 Å². The van der Waals surface area contributed by atoms with E-state index in [1.807, 2.05) is 22.4 Å². The van der Waals surface area contributed by atoms with Crippen LogP contribution in [-0.2, 0) is 10.0 Å². The number of rotatable bonds is 4. The maximum absolute atomic E-state index is 12.5. The van der Waals surface area contributed by atoms with Crippen molar-refractivity contribution in [3.8, 4) is 0 Å². The van der Waals surface area contributed by atoms with Gasteiger partial charge in [0.05, 0.1) is 11.1 Å². The topological polar surface area (TPSA) is 57.7 Å². The van der Waals surface area contributed by atoms with Crippen LogP contribution in [0.15, 0.2) is 17.5 Å². The van der Waals surface area contributed by atoms with E-state index in [0.29, 0.717) is 6.54 Å². The highest BCUT2D eigenvalue weighted by molar-refractivity contribution is 7.88. The van der Waals surface area contributed by atoms with Crippen molar-refractivity contribution in [3.05, 3.63) is 22.4 Å². The molecular formula is C16H24N2O3S2. The van der Waals surface area contributed by atoms with Crippen LogP contribution in [0.2, 0.25) is 0 Å². The van der Waals surface area contributed by atoms with Gasteiger partial charge in [-0.15, -0.1) is 11.3 Å². The molecule has 0 unspecified atom stereocenters. The SMILES string of the molecule is CS(=O)(=O)N(C1CCC1)[C@H]1CCCN(C(=O)c2cccs2)CC1. The standard InChI is InChI=1S/C16H24N2O3S2/c1-23(20,21)18(13-5-2-6-13)14-7-3-10-17(11-9-14)16(19)15-8-4-12-22-15/h4,8,12-14H,2-3,5-7,9-11H2,1H3/t14-/m0/s1. The van der Waals surface area contributed by atoms with Crippen LogP contribution in [0.1, 0.15) is 48.2 Å². The summed E-state index contributed by atoms with van der Waals surface area (Å²) in [5.41, 5.74) is 0. The summed E-state index contributed by atoms with van der Waals surface area (Å²) in [5, 5.41) is 1.91. The quantitative estimate of drug-likeness (QED) is 0.833. The number of nitrogens with zero attached hydrogens (tertiary/aromatic N) is 2. The van der Waals surface area contributed by atoms with Crippen LogP contribution < -0.4 is 0 Å². The van der Waals surface area contributed by atoms with Crippen molar-refractivity contribution in [2.24, 2.45) is 0 Å². The minimum atomic E-state index is -3.19. The van der Waals surface area contributed by atoms with Gasteiger partial charge in [-0.2, -0.15) is 4.31 Å². The molecule has 1 saturated heterocycles. The Labute approximate surface area is 142 Å². The molecule has 23 heavy (non-hydrogen) atoms. The molecule has 5 nitrogen and oxygen atoms in total. The number of amides is 1. The van der Waals surface area contributed by atoms with Crippen LogP contribution in [0, 0.1) is 0 Å². The van der Waals surface area contributed by atoms with Crippen LogP contribution in [0.3, 0.4) is 0 Å². The van der Waals surface area contributed by atoms with E-state index in [1.165, 1.54) is 17.6 Å². The molecule has 0 spiro atoms. The first-order valence-corrected chi connectivity index (χ1v) is 11.0. The van der Waals surface area contributed by atoms with Gasteiger partial charge in [-0.05, 0) is 43.6 Å². The first kappa shape index (κ1) is 16.9. The van der Waals surface area contributed by atoms with E-state index in [9.17, 15) is 13.2 Å². The van der Waals surface area contributed by atoms with Gasteiger partial charge in [-0.25, -0.2) is 8.42 Å². The Hall–Kier alpha value is -0.920. The summed E-state index contributed by atoms with van der Waals surface area (Å²) in [6.07, 6.45) is 6.83. The normalized spacial score (nSPS) is 23.6. The smallest absolute Gasteiger partial charge is 0.263 e. The molecule has 1 atom stereocenters. The molecule has 1 aliphatic heterocycles. The Morgan fingerprint density at radius 2 is 1.87 bits per heavy atom. The first-order valence-electron chi connectivity index (χ1n) is 8.28. The summed E-state index contributed by atoms with van der Waals surface area (Å²) in [4.78, 5) is 15.1. The van der Waals surface area contributed by atoms with E-state index in [4.69, 9.17) is 0 Å². The van der Waals surface area contributed by atoms with Gasteiger partial charge in [-0.1, -0.05) is 12.5 Å². The van der Waals surface area contributed by atoms with Crippen molar-refractivity contribution in [1.82, 2.24) is 9.21 Å². The Kier molecular flexibility index (Phi) is 5.08. The van der Waals surface area contributed by atoms with E-state index >= 15 is 0 Å². The molecule has 1 aliphatic carbocycles. The van der Waals surface area contributed by atoms with Gasteiger partial charge in [0, 0.05) is 25.2 Å². The predicted octanol–water partition coefficient (Wildman–Crippen LogP) is 2.56. The zero-order chi connectivity index (χ0) is 16.4. The van der Waals surface area contributed by atoms with Gasteiger partial charge in [-0.3, -0.25) is 4.79 Å². The number of hydrogen-bond donors (Lipinski definition) is 0. The van der Waals surface area contributed by atoms with Crippen molar-refractivity contribution >= 4 is 27.3 Å². The van der Waals surface area contributed by atoms with Crippen LogP contribution in [0.4, 0.5) is 0 Å². The Balaban J connectivity index is 1.69. The van der Waals surface area contributed by atoms with Gasteiger partial charge < -0.3 is 4.90 Å². The van der Waals surface area contributed by atoms with Crippen molar-refractivity contribution in [2.75, 3.05) is 19.3 Å². The molecule has 3 rings (SSSR count). The Bertz CT molecular complexity index is 638. The Morgan fingerprint density at radius 3 is 2.43 bits per heavy atom. The lowest BCUT2D eigenvalue weighted by Gasteiger charge is -2.40. The van der Waals surface area contributed by atoms with Crippen molar-refractivity contribution < 1.29 is 13.2 Å². The lowest BCUT2D eigenvalue weighted by atomic mass is 9.91. The maximum atomic E-state index is 12.5. The lowest BCUT2D eigenvalue weighted by Crippen LogP contribution is -2.49. The molecule has 7 heteroatoms. The number of sulfonamides is 1. The average Bonchev–Trinajstić information content (AvgIpc) is 2.86. The number of carbonyl (C=O) groups excluding carboxylic acids is 1. The largest absolute Gasteiger partial charge is 0.338 e. The number of hydrogen-bond acceptors (Lipinski definition) is 4. The van der Waals surface area contributed by atoms with Crippen LogP contribution >= 0.6 is 11.3 Å². The average molecular weight is 357 g/mol. The molecule has 0 N–H and O–H groups in total. The minimum Gasteiger partial charge on any atom is -0.338 e. The summed E-state index contributed by atoms with van der Waals surface area (Å²) in [5.74, 6) is 0.0789. The van der Waals surface area contributed by atoms with Crippen molar-refractivity contribution in [1.29, 1.82) is 0 Å². The highest BCUT2D eigenvalue weighted by Crippen LogP contribution is 2.32. The number of likely N-dealkylation sites (tertiary alicyclic amines) is 1. The highest BCUT2D eigenvalue weighted by atomic mass is 32.2. The molecule has 2 heterocycles. The van der Waals surface area contributed by atoms with Crippen LogP contribution in [0.5, 0.6) is 0 Å². The summed E-state index contributed by atoms with van der Waals surface area (Å²) in [6, 6.07) is 3.96. The predicted molar refractivity (Wildman–Crippen MR) is 92.2 cm³/mol. The molecule has 128 valence electrons. The van der Waals surface area contributed by atoms with E-state index in [1.54, 1.807) is 4.31 Å². The molecule has 1 amide bonds. The summed E-state index contributed by atoms with van der Waals surface area (Å²) < 4.78 is 26.2. The molecule has 2 fully saturated rings. The third-order valence-electron chi connectivity index (χ3n) is 4.89. The van der Waals surface area contributed by atoms with Crippen LogP contribution in [-0.4, -0.2) is 55.0 Å². The van der Waals surface area contributed by atoms with Gasteiger partial charge in [0.1, 0.15) is 0 Å². The molecule has 1 aromatic heterocycles. The number of carbonyl (C=O) groups is 1. The van der Waals surface area contributed by atoms with E-state index in [2.05, 4.69) is 0 Å². The molecule has 1 saturated carbocycles. The summed E-state index contributed by atoms with van der Waals surface area (Å²) >= 11 is 1.46. The fourth-order valence-electron chi connectivity index (χ4n) is 3.57. The van der Waals surface area contributed by atoms with Gasteiger partial charge in [0.25, 0.3) is 5.91 Å². The molecular weight excluding hydrogens is 332 g/mol. The second kappa shape index (κ2) is 6.91. The van der Waals surface area contributed by atoms with E-state index < -0.39 is 10.0 Å². The minimum absolute atomic E-state index is 0.0384. The second-order valence-electron chi connectivity index (χ2n) is 6.53. The summed E-state index contributed by atoms with van der Waals surface area (Å²) in [7, 11) is -3.19. The second-order valence-corrected chi connectivity index (χ2v) is 9.37. The zero-order valence-electron chi connectivity index (χ0n) is 13.5. The monoisotopic (exact) mass is 356 g/mol. The molecule has 0 radical (unpaired) electrons. The number of thiophene rings is 1. The molecule has 0 bridgehead atoms. The Morgan fingerprint density at radius 1 is 1.17 bits per heavy atom. The maximum Gasteiger partial charge on any atom is 0.263 e. The van der Waals surface area contributed by atoms with Gasteiger partial charge in [0.2, 0.25) is 10.0 Å². The summed E-state index contributed by atoms with van der Waals surface area (Å²) in [6.45, 7) is 1.36. The zero-order valence-corrected chi connectivity index (χ0v) is 15.1. The van der Waals surface area contributed by atoms with Crippen molar-refractivity contribution in [2.45, 2.75) is 50.6 Å². The fraction of sp³-hybridized carbons (Fsp3) is 0.688. The van der Waals surface area contributed by atoms with Gasteiger partial charge in [0.15, 0.2) is 0 Å².